The summed E-state index contributed by atoms with van der Waals surface area (Å²) in [6.45, 7) is 0.000897. The molecular weight excluding hydrogens is 288 g/mol. The summed E-state index contributed by atoms with van der Waals surface area (Å²) in [6.07, 6.45) is 4.05. The number of nitrogens with zero attached hydrogens (tertiary/aromatic N) is 3. The molecule has 110 valence electrons. The van der Waals surface area contributed by atoms with Crippen LogP contribution < -0.4 is 5.32 Å². The third-order valence-corrected chi connectivity index (χ3v) is 4.19. The zero-order valence-corrected chi connectivity index (χ0v) is 12.2. The van der Waals surface area contributed by atoms with E-state index in [-0.39, 0.29) is 12.5 Å². The predicted molar refractivity (Wildman–Crippen MR) is 80.0 cm³/mol. The smallest absolute Gasteiger partial charge is 0.234 e. The Labute approximate surface area is 126 Å². The highest BCUT2D eigenvalue weighted by Gasteiger charge is 2.26. The minimum absolute atomic E-state index is 0.000897. The lowest BCUT2D eigenvalue weighted by molar-refractivity contribution is -0.113. The Hall–Kier alpha value is -1.86. The first-order valence-electron chi connectivity index (χ1n) is 6.78. The average molecular weight is 304 g/mol. The van der Waals surface area contributed by atoms with Gasteiger partial charge >= 0.3 is 0 Å². The topological polar surface area (TPSA) is 80.0 Å². The first-order chi connectivity index (χ1) is 10.3. The van der Waals surface area contributed by atoms with Crippen molar-refractivity contribution in [2.75, 3.05) is 11.1 Å². The van der Waals surface area contributed by atoms with E-state index in [0.717, 1.165) is 29.2 Å². The Bertz CT molecular complexity index is 622. The molecule has 7 heteroatoms. The van der Waals surface area contributed by atoms with E-state index in [0.29, 0.717) is 11.8 Å². The molecule has 1 saturated carbocycles. The highest BCUT2D eigenvalue weighted by atomic mass is 32.2. The van der Waals surface area contributed by atoms with Gasteiger partial charge in [-0.05, 0) is 30.5 Å². The highest BCUT2D eigenvalue weighted by Crippen LogP contribution is 2.37. The van der Waals surface area contributed by atoms with Crippen molar-refractivity contribution in [2.45, 2.75) is 30.6 Å². The molecule has 1 aromatic heterocycles. The van der Waals surface area contributed by atoms with Crippen LogP contribution in [0.25, 0.3) is 0 Å². The molecule has 21 heavy (non-hydrogen) atoms. The molecule has 1 heterocycles. The van der Waals surface area contributed by atoms with Crippen LogP contribution in [-0.4, -0.2) is 31.5 Å². The molecule has 0 saturated heterocycles. The molecule has 0 atom stereocenters. The first-order valence-corrected chi connectivity index (χ1v) is 7.77. The molecule has 3 rings (SSSR count). The van der Waals surface area contributed by atoms with E-state index in [9.17, 15) is 4.79 Å². The third-order valence-electron chi connectivity index (χ3n) is 3.23. The second-order valence-electron chi connectivity index (χ2n) is 4.94. The van der Waals surface area contributed by atoms with Crippen molar-refractivity contribution in [1.29, 1.82) is 0 Å². The van der Waals surface area contributed by atoms with Crippen molar-refractivity contribution in [3.05, 3.63) is 36.2 Å². The fraction of sp³-hybridized carbons (Fsp3) is 0.357. The second kappa shape index (κ2) is 6.28. The summed E-state index contributed by atoms with van der Waals surface area (Å²) in [5, 5.41) is 20.5. The summed E-state index contributed by atoms with van der Waals surface area (Å²) in [7, 11) is 0. The molecule has 6 nitrogen and oxygen atoms in total. The molecule has 0 bridgehead atoms. The second-order valence-corrected chi connectivity index (χ2v) is 5.89. The number of aromatic nitrogens is 3. The van der Waals surface area contributed by atoms with Gasteiger partial charge in [0.25, 0.3) is 0 Å². The first kappa shape index (κ1) is 14.1. The van der Waals surface area contributed by atoms with Crippen LogP contribution in [0.4, 0.5) is 5.69 Å². The Balaban J connectivity index is 1.52. The summed E-state index contributed by atoms with van der Waals surface area (Å²) in [4.78, 5) is 11.9. The highest BCUT2D eigenvalue weighted by molar-refractivity contribution is 7.99. The molecule has 1 aliphatic carbocycles. The zero-order valence-electron chi connectivity index (χ0n) is 11.4. The summed E-state index contributed by atoms with van der Waals surface area (Å²) in [6, 6.07) is 7.64. The van der Waals surface area contributed by atoms with Crippen molar-refractivity contribution in [1.82, 2.24) is 14.8 Å². The van der Waals surface area contributed by atoms with Crippen LogP contribution in [-0.2, 0) is 11.4 Å². The number of aliphatic hydroxyl groups excluding tert-OH is 1. The van der Waals surface area contributed by atoms with Crippen LogP contribution >= 0.6 is 11.8 Å². The van der Waals surface area contributed by atoms with E-state index in [1.807, 2.05) is 4.57 Å². The van der Waals surface area contributed by atoms with E-state index in [1.54, 1.807) is 30.6 Å². The molecule has 1 aromatic carbocycles. The number of amides is 1. The van der Waals surface area contributed by atoms with Gasteiger partial charge in [0.2, 0.25) is 5.91 Å². The van der Waals surface area contributed by atoms with Gasteiger partial charge in [-0.15, -0.1) is 10.2 Å². The summed E-state index contributed by atoms with van der Waals surface area (Å²) >= 11 is 1.39. The Morgan fingerprint density at radius 3 is 2.81 bits per heavy atom. The van der Waals surface area contributed by atoms with Gasteiger partial charge in [-0.25, -0.2) is 0 Å². The molecule has 1 aliphatic rings. The van der Waals surface area contributed by atoms with Gasteiger partial charge in [0.1, 0.15) is 6.33 Å². The molecule has 1 amide bonds. The van der Waals surface area contributed by atoms with Gasteiger partial charge in [0.15, 0.2) is 5.16 Å². The van der Waals surface area contributed by atoms with E-state index < -0.39 is 0 Å². The van der Waals surface area contributed by atoms with Crippen molar-refractivity contribution < 1.29 is 9.90 Å². The molecule has 1 fully saturated rings. The van der Waals surface area contributed by atoms with Crippen LogP contribution in [0.5, 0.6) is 0 Å². The fourth-order valence-corrected chi connectivity index (χ4v) is 2.74. The van der Waals surface area contributed by atoms with Crippen molar-refractivity contribution >= 4 is 23.4 Å². The van der Waals surface area contributed by atoms with E-state index in [1.165, 1.54) is 11.8 Å². The van der Waals surface area contributed by atoms with E-state index >= 15 is 0 Å². The van der Waals surface area contributed by atoms with Gasteiger partial charge in [0.05, 0.1) is 12.4 Å². The average Bonchev–Trinajstić information content (AvgIpc) is 3.24. The van der Waals surface area contributed by atoms with Gasteiger partial charge in [-0.2, -0.15) is 0 Å². The number of rotatable bonds is 6. The maximum atomic E-state index is 11.9. The van der Waals surface area contributed by atoms with Crippen LogP contribution in [0.2, 0.25) is 0 Å². The number of benzene rings is 1. The Morgan fingerprint density at radius 1 is 1.38 bits per heavy atom. The lowest BCUT2D eigenvalue weighted by Crippen LogP contribution is -2.14. The SMILES string of the molecule is O=C(CSc1nncn1C1CC1)Nc1ccc(CO)cc1. The molecule has 2 aromatic rings. The third kappa shape index (κ3) is 3.62. The number of carbonyl (C=O) groups excluding carboxylic acids is 1. The van der Waals surface area contributed by atoms with Crippen molar-refractivity contribution in [3.63, 3.8) is 0 Å². The van der Waals surface area contributed by atoms with Crippen molar-refractivity contribution in [3.8, 4) is 0 Å². The van der Waals surface area contributed by atoms with Gasteiger partial charge in [0, 0.05) is 11.7 Å². The number of aliphatic hydroxyl groups is 1. The standard InChI is InChI=1S/C14H16N4O2S/c19-7-10-1-3-11(4-2-10)16-13(20)8-21-14-17-15-9-18(14)12-5-6-12/h1-4,9,12,19H,5-8H2,(H,16,20). The summed E-state index contributed by atoms with van der Waals surface area (Å²) in [5.74, 6) is 0.217. The normalized spacial score (nSPS) is 14.1. The Kier molecular flexibility index (Phi) is 4.21. The van der Waals surface area contributed by atoms with E-state index in [4.69, 9.17) is 5.11 Å². The zero-order chi connectivity index (χ0) is 14.7. The largest absolute Gasteiger partial charge is 0.392 e. The summed E-state index contributed by atoms with van der Waals surface area (Å²) in [5.41, 5.74) is 1.54. The minimum atomic E-state index is -0.0814. The van der Waals surface area contributed by atoms with E-state index in [2.05, 4.69) is 15.5 Å². The minimum Gasteiger partial charge on any atom is -0.392 e. The van der Waals surface area contributed by atoms with Crippen LogP contribution in [0.15, 0.2) is 35.7 Å². The molecule has 0 unspecified atom stereocenters. The number of thioether (sulfide) groups is 1. The number of nitrogens with one attached hydrogen (secondary N) is 1. The summed E-state index contributed by atoms with van der Waals surface area (Å²) < 4.78 is 2.04. The molecule has 0 radical (unpaired) electrons. The maximum Gasteiger partial charge on any atom is 0.234 e. The monoisotopic (exact) mass is 304 g/mol. The van der Waals surface area contributed by atoms with Gasteiger partial charge in [-0.1, -0.05) is 23.9 Å². The lowest BCUT2D eigenvalue weighted by atomic mass is 10.2. The van der Waals surface area contributed by atoms with Gasteiger partial charge < -0.3 is 15.0 Å². The number of carbonyl (C=O) groups is 1. The van der Waals surface area contributed by atoms with Gasteiger partial charge in [-0.3, -0.25) is 4.79 Å². The van der Waals surface area contributed by atoms with Crippen LogP contribution in [0.1, 0.15) is 24.4 Å². The quantitative estimate of drug-likeness (QED) is 0.796. The number of anilines is 1. The lowest BCUT2D eigenvalue weighted by Gasteiger charge is -2.06. The maximum absolute atomic E-state index is 11.9. The predicted octanol–water partition coefficient (Wildman–Crippen LogP) is 1.84. The number of hydrogen-bond donors (Lipinski definition) is 2. The van der Waals surface area contributed by atoms with Crippen molar-refractivity contribution in [2.24, 2.45) is 0 Å². The Morgan fingerprint density at radius 2 is 2.14 bits per heavy atom. The van der Waals surface area contributed by atoms with Crippen LogP contribution in [0, 0.1) is 0 Å². The van der Waals surface area contributed by atoms with Crippen LogP contribution in [0.3, 0.4) is 0 Å². The molecular formula is C14H16N4O2S. The fourth-order valence-electron chi connectivity index (χ4n) is 1.96. The number of hydrogen-bond acceptors (Lipinski definition) is 5. The molecule has 0 aliphatic heterocycles. The molecule has 2 N–H and O–H groups in total. The molecule has 0 spiro atoms.